The number of rotatable bonds is 4. The molecule has 0 aliphatic rings. The third-order valence-electron chi connectivity index (χ3n) is 2.76. The summed E-state index contributed by atoms with van der Waals surface area (Å²) in [5.74, 6) is 0.398. The maximum Gasteiger partial charge on any atom is 0.337 e. The van der Waals surface area contributed by atoms with Crippen molar-refractivity contribution in [1.82, 2.24) is 0 Å². The fourth-order valence-corrected chi connectivity index (χ4v) is 2.98. The molecule has 0 bridgehead atoms. The smallest absolute Gasteiger partial charge is 0.337 e. The zero-order valence-corrected chi connectivity index (χ0v) is 12.5. The molecule has 5 heteroatoms. The van der Waals surface area contributed by atoms with Gasteiger partial charge in [-0.1, -0.05) is 29.8 Å². The monoisotopic (exact) mass is 307 g/mol. The highest BCUT2D eigenvalue weighted by atomic mass is 35.5. The lowest BCUT2D eigenvalue weighted by atomic mass is 10.1. The fraction of sp³-hybridized carbons (Fsp3) is 0.133. The molecular weight excluding hydrogens is 294 g/mol. The fourth-order valence-electron chi connectivity index (χ4n) is 1.69. The SMILES string of the molecule is COC(=O)c1ccc(CSc2c(N)cccc2Cl)cc1. The molecule has 0 fully saturated rings. The Morgan fingerprint density at radius 3 is 2.55 bits per heavy atom. The summed E-state index contributed by atoms with van der Waals surface area (Å²) in [6.07, 6.45) is 0. The summed E-state index contributed by atoms with van der Waals surface area (Å²) in [7, 11) is 1.37. The number of esters is 1. The summed E-state index contributed by atoms with van der Waals surface area (Å²) in [6, 6.07) is 12.8. The van der Waals surface area contributed by atoms with E-state index < -0.39 is 0 Å². The number of ether oxygens (including phenoxy) is 1. The topological polar surface area (TPSA) is 52.3 Å². The molecule has 0 saturated heterocycles. The Bertz CT molecular complexity index is 594. The van der Waals surface area contributed by atoms with Gasteiger partial charge in [0.1, 0.15) is 0 Å². The van der Waals surface area contributed by atoms with E-state index in [1.54, 1.807) is 23.9 Å². The predicted octanol–water partition coefficient (Wildman–Crippen LogP) is 4.00. The van der Waals surface area contributed by atoms with Crippen LogP contribution in [0.2, 0.25) is 5.02 Å². The van der Waals surface area contributed by atoms with Gasteiger partial charge >= 0.3 is 5.97 Å². The largest absolute Gasteiger partial charge is 0.465 e. The van der Waals surface area contributed by atoms with Crippen LogP contribution >= 0.6 is 23.4 Å². The third kappa shape index (κ3) is 3.46. The molecule has 3 nitrogen and oxygen atoms in total. The van der Waals surface area contributed by atoms with E-state index in [9.17, 15) is 4.79 Å². The number of hydrogen-bond donors (Lipinski definition) is 1. The molecule has 20 heavy (non-hydrogen) atoms. The quantitative estimate of drug-likeness (QED) is 0.527. The average Bonchev–Trinajstić information content (AvgIpc) is 2.46. The van der Waals surface area contributed by atoms with Crippen LogP contribution in [0.15, 0.2) is 47.4 Å². The molecule has 0 heterocycles. The number of thioether (sulfide) groups is 1. The number of carbonyl (C=O) groups is 1. The minimum atomic E-state index is -0.334. The van der Waals surface area contributed by atoms with E-state index in [-0.39, 0.29) is 5.97 Å². The molecule has 2 aromatic rings. The van der Waals surface area contributed by atoms with Crippen LogP contribution in [0, 0.1) is 0 Å². The van der Waals surface area contributed by atoms with E-state index in [0.717, 1.165) is 16.2 Å². The molecule has 0 atom stereocenters. The van der Waals surface area contributed by atoms with Crippen LogP contribution in [0.3, 0.4) is 0 Å². The summed E-state index contributed by atoms with van der Waals surface area (Å²) >= 11 is 7.69. The van der Waals surface area contributed by atoms with Gasteiger partial charge in [-0.15, -0.1) is 11.8 Å². The predicted molar refractivity (Wildman–Crippen MR) is 83.2 cm³/mol. The molecule has 2 aromatic carbocycles. The number of benzene rings is 2. The number of halogens is 1. The molecule has 0 unspecified atom stereocenters. The first-order valence-electron chi connectivity index (χ1n) is 5.96. The molecule has 0 radical (unpaired) electrons. The van der Waals surface area contributed by atoms with Crippen LogP contribution in [0.5, 0.6) is 0 Å². The zero-order chi connectivity index (χ0) is 14.5. The lowest BCUT2D eigenvalue weighted by Gasteiger charge is -2.08. The lowest BCUT2D eigenvalue weighted by molar-refractivity contribution is 0.0600. The van der Waals surface area contributed by atoms with E-state index in [1.807, 2.05) is 30.3 Å². The zero-order valence-electron chi connectivity index (χ0n) is 10.9. The highest BCUT2D eigenvalue weighted by Crippen LogP contribution is 2.34. The van der Waals surface area contributed by atoms with E-state index in [4.69, 9.17) is 17.3 Å². The van der Waals surface area contributed by atoms with Gasteiger partial charge in [-0.05, 0) is 29.8 Å². The Hall–Kier alpha value is -1.65. The Labute approximate surface area is 127 Å². The lowest BCUT2D eigenvalue weighted by Crippen LogP contribution is -2.00. The summed E-state index contributed by atoms with van der Waals surface area (Å²) in [4.78, 5) is 12.2. The van der Waals surface area contributed by atoms with Gasteiger partial charge in [0.05, 0.1) is 17.7 Å². The number of carbonyl (C=O) groups excluding carboxylic acids is 1. The molecule has 0 aliphatic carbocycles. The van der Waals surface area contributed by atoms with Crippen molar-refractivity contribution >= 4 is 35.0 Å². The second-order valence-electron chi connectivity index (χ2n) is 4.14. The van der Waals surface area contributed by atoms with Gasteiger partial charge in [0.2, 0.25) is 0 Å². The van der Waals surface area contributed by atoms with Crippen LogP contribution in [0.25, 0.3) is 0 Å². The van der Waals surface area contributed by atoms with Crippen LogP contribution in [0.4, 0.5) is 5.69 Å². The first-order valence-corrected chi connectivity index (χ1v) is 7.32. The highest BCUT2D eigenvalue weighted by Gasteiger charge is 2.07. The first-order chi connectivity index (χ1) is 9.61. The van der Waals surface area contributed by atoms with Gasteiger partial charge in [0.25, 0.3) is 0 Å². The van der Waals surface area contributed by atoms with E-state index >= 15 is 0 Å². The highest BCUT2D eigenvalue weighted by molar-refractivity contribution is 7.98. The minimum Gasteiger partial charge on any atom is -0.465 e. The Balaban J connectivity index is 2.06. The molecule has 0 aliphatic heterocycles. The summed E-state index contributed by atoms with van der Waals surface area (Å²) in [5, 5.41) is 0.654. The Kier molecular flexibility index (Phi) is 4.93. The average molecular weight is 308 g/mol. The normalized spacial score (nSPS) is 10.3. The van der Waals surface area contributed by atoms with Crippen molar-refractivity contribution in [3.05, 3.63) is 58.6 Å². The maximum absolute atomic E-state index is 11.3. The van der Waals surface area contributed by atoms with Gasteiger partial charge < -0.3 is 10.5 Å². The second-order valence-corrected chi connectivity index (χ2v) is 5.53. The minimum absolute atomic E-state index is 0.334. The number of nitrogens with two attached hydrogens (primary N) is 1. The molecule has 0 saturated carbocycles. The van der Waals surface area contributed by atoms with Crippen molar-refractivity contribution in [2.24, 2.45) is 0 Å². The van der Waals surface area contributed by atoms with Crippen molar-refractivity contribution in [3.63, 3.8) is 0 Å². The van der Waals surface area contributed by atoms with E-state index in [0.29, 0.717) is 16.3 Å². The summed E-state index contributed by atoms with van der Waals surface area (Å²) in [5.41, 5.74) is 8.20. The number of nitrogen functional groups attached to an aromatic ring is 1. The van der Waals surface area contributed by atoms with Gasteiger partial charge in [-0.25, -0.2) is 4.79 Å². The molecule has 2 rings (SSSR count). The second kappa shape index (κ2) is 6.68. The Morgan fingerprint density at radius 1 is 1.25 bits per heavy atom. The molecular formula is C15H14ClNO2S. The van der Waals surface area contributed by atoms with Crippen LogP contribution in [-0.2, 0) is 10.5 Å². The van der Waals surface area contributed by atoms with Crippen LogP contribution in [0.1, 0.15) is 15.9 Å². The maximum atomic E-state index is 11.3. The standard InChI is InChI=1S/C15H14ClNO2S/c1-19-15(18)11-7-5-10(6-8-11)9-20-14-12(16)3-2-4-13(14)17/h2-8H,9,17H2,1H3. The van der Waals surface area contributed by atoms with E-state index in [1.165, 1.54) is 7.11 Å². The van der Waals surface area contributed by atoms with Crippen molar-refractivity contribution in [1.29, 1.82) is 0 Å². The van der Waals surface area contributed by atoms with Gasteiger partial charge in [0, 0.05) is 16.3 Å². The van der Waals surface area contributed by atoms with Crippen molar-refractivity contribution in [3.8, 4) is 0 Å². The molecule has 0 aromatic heterocycles. The third-order valence-corrected chi connectivity index (χ3v) is 4.40. The summed E-state index contributed by atoms with van der Waals surface area (Å²) < 4.78 is 4.66. The van der Waals surface area contributed by atoms with Gasteiger partial charge in [-0.3, -0.25) is 0 Å². The van der Waals surface area contributed by atoms with Crippen molar-refractivity contribution in [2.75, 3.05) is 12.8 Å². The number of methoxy groups -OCH3 is 1. The van der Waals surface area contributed by atoms with Gasteiger partial charge in [0.15, 0.2) is 0 Å². The van der Waals surface area contributed by atoms with Gasteiger partial charge in [-0.2, -0.15) is 0 Å². The number of hydrogen-bond acceptors (Lipinski definition) is 4. The molecule has 0 spiro atoms. The van der Waals surface area contributed by atoms with Crippen LogP contribution in [-0.4, -0.2) is 13.1 Å². The first kappa shape index (κ1) is 14.8. The van der Waals surface area contributed by atoms with Crippen LogP contribution < -0.4 is 5.73 Å². The van der Waals surface area contributed by atoms with Crippen molar-refractivity contribution < 1.29 is 9.53 Å². The Morgan fingerprint density at radius 2 is 1.95 bits per heavy atom. The summed E-state index contributed by atoms with van der Waals surface area (Å²) in [6.45, 7) is 0. The number of anilines is 1. The molecule has 0 amide bonds. The van der Waals surface area contributed by atoms with Crippen molar-refractivity contribution in [2.45, 2.75) is 10.6 Å². The van der Waals surface area contributed by atoms with E-state index in [2.05, 4.69) is 4.74 Å². The molecule has 2 N–H and O–H groups in total. The molecule has 104 valence electrons.